The molecule has 0 unspecified atom stereocenters. The van der Waals surface area contributed by atoms with Gasteiger partial charge in [0.15, 0.2) is 16.6 Å². The van der Waals surface area contributed by atoms with Crippen LogP contribution in [0.5, 0.6) is 0 Å². The van der Waals surface area contributed by atoms with E-state index in [9.17, 15) is 0 Å². The molecule has 0 atom stereocenters. The minimum absolute atomic E-state index is 0.138. The van der Waals surface area contributed by atoms with Gasteiger partial charge in [0, 0.05) is 18.6 Å². The lowest BCUT2D eigenvalue weighted by Gasteiger charge is -2.33. The first-order valence-corrected chi connectivity index (χ1v) is 13.0. The van der Waals surface area contributed by atoms with Crippen LogP contribution in [0.15, 0.2) is 0 Å². The Kier molecular flexibility index (Phi) is 6.64. The minimum atomic E-state index is -1.41. The monoisotopic (exact) mass is 276 g/mol. The van der Waals surface area contributed by atoms with Crippen LogP contribution >= 0.6 is 0 Å². The number of rotatable bonds is 8. The summed E-state index contributed by atoms with van der Waals surface area (Å²) in [6, 6.07) is 2.36. The van der Waals surface area contributed by atoms with E-state index in [0.717, 1.165) is 13.2 Å². The lowest BCUT2D eigenvalue weighted by atomic mass is 9.97. The highest BCUT2D eigenvalue weighted by molar-refractivity contribution is 6.71. The van der Waals surface area contributed by atoms with Crippen molar-refractivity contribution < 1.29 is 8.85 Å². The molecule has 4 heteroatoms. The van der Waals surface area contributed by atoms with Crippen LogP contribution in [0.25, 0.3) is 0 Å². The molecule has 0 bridgehead atoms. The first-order valence-electron chi connectivity index (χ1n) is 6.81. The maximum absolute atomic E-state index is 6.12. The Morgan fingerprint density at radius 1 is 0.765 bits per heavy atom. The van der Waals surface area contributed by atoms with Gasteiger partial charge in [-0.1, -0.05) is 27.7 Å². The molecule has 0 aromatic heterocycles. The third-order valence-electron chi connectivity index (χ3n) is 3.41. The van der Waals surface area contributed by atoms with E-state index in [-0.39, 0.29) is 5.41 Å². The van der Waals surface area contributed by atoms with Crippen LogP contribution in [0.1, 0.15) is 27.7 Å². The van der Waals surface area contributed by atoms with E-state index in [1.165, 1.54) is 12.1 Å². The fourth-order valence-electron chi connectivity index (χ4n) is 1.03. The predicted molar refractivity (Wildman–Crippen MR) is 81.6 cm³/mol. The van der Waals surface area contributed by atoms with Crippen LogP contribution in [0.2, 0.25) is 38.3 Å². The molecule has 0 amide bonds. The molecule has 2 nitrogen and oxygen atoms in total. The smallest absolute Gasteiger partial charge is 0.186 e. The van der Waals surface area contributed by atoms with Gasteiger partial charge in [-0.2, -0.15) is 0 Å². The van der Waals surface area contributed by atoms with E-state index in [4.69, 9.17) is 8.85 Å². The van der Waals surface area contributed by atoms with E-state index in [0.29, 0.717) is 0 Å². The fraction of sp³-hybridized carbons (Fsp3) is 1.00. The maximum Gasteiger partial charge on any atom is 0.186 e. The van der Waals surface area contributed by atoms with Crippen LogP contribution in [-0.4, -0.2) is 29.8 Å². The highest BCUT2D eigenvalue weighted by Crippen LogP contribution is 2.23. The Morgan fingerprint density at radius 3 is 1.29 bits per heavy atom. The molecular weight excluding hydrogens is 244 g/mol. The molecule has 0 rings (SSSR count). The molecule has 0 aliphatic rings. The third kappa shape index (κ3) is 8.13. The highest BCUT2D eigenvalue weighted by Gasteiger charge is 2.28. The molecule has 17 heavy (non-hydrogen) atoms. The molecule has 0 aromatic carbocycles. The lowest BCUT2D eigenvalue weighted by molar-refractivity contribution is 0.102. The van der Waals surface area contributed by atoms with E-state index < -0.39 is 16.6 Å². The summed E-state index contributed by atoms with van der Waals surface area (Å²) in [4.78, 5) is 0. The second-order valence-corrected chi connectivity index (χ2v) is 16.0. The Labute approximate surface area is 110 Å². The largest absolute Gasteiger partial charge is 0.417 e. The zero-order valence-electron chi connectivity index (χ0n) is 13.1. The topological polar surface area (TPSA) is 18.5 Å². The van der Waals surface area contributed by atoms with Crippen molar-refractivity contribution in [3.63, 3.8) is 0 Å². The molecule has 0 spiro atoms. The molecule has 0 heterocycles. The molecule has 0 aromatic rings. The van der Waals surface area contributed by atoms with E-state index in [1.807, 2.05) is 0 Å². The van der Waals surface area contributed by atoms with Gasteiger partial charge in [-0.15, -0.1) is 0 Å². The van der Waals surface area contributed by atoms with Crippen LogP contribution in [0.4, 0.5) is 0 Å². The van der Waals surface area contributed by atoms with Crippen molar-refractivity contribution in [1.82, 2.24) is 0 Å². The second kappa shape index (κ2) is 6.50. The lowest BCUT2D eigenvalue weighted by Crippen LogP contribution is -2.39. The van der Waals surface area contributed by atoms with Crippen molar-refractivity contribution in [1.29, 1.82) is 0 Å². The fourth-order valence-corrected chi connectivity index (χ4v) is 3.00. The summed E-state index contributed by atoms with van der Waals surface area (Å²) in [7, 11) is -2.83. The van der Waals surface area contributed by atoms with Crippen molar-refractivity contribution in [3.05, 3.63) is 0 Å². The van der Waals surface area contributed by atoms with Crippen LogP contribution in [-0.2, 0) is 8.85 Å². The summed E-state index contributed by atoms with van der Waals surface area (Å²) in [6.07, 6.45) is 0. The Balaban J connectivity index is 4.13. The Hall–Kier alpha value is 0.354. The number of hydrogen-bond donors (Lipinski definition) is 0. The molecule has 104 valence electrons. The summed E-state index contributed by atoms with van der Waals surface area (Å²) < 4.78 is 12.2. The first kappa shape index (κ1) is 17.4. The van der Waals surface area contributed by atoms with Crippen molar-refractivity contribution in [2.45, 2.75) is 66.0 Å². The van der Waals surface area contributed by atoms with Crippen molar-refractivity contribution in [2.75, 3.05) is 13.2 Å². The first-order chi connectivity index (χ1) is 7.54. The molecule has 0 saturated carbocycles. The van der Waals surface area contributed by atoms with Crippen LogP contribution in [0.3, 0.4) is 0 Å². The predicted octanol–water partition coefficient (Wildman–Crippen LogP) is 4.50. The SMILES string of the molecule is CC[Si](C)(C)OCC(C)(C)CO[Si](C)(C)CC. The standard InChI is InChI=1S/C13H32O2Si2/c1-9-16(5,6)14-11-13(3,4)12-15-17(7,8)10-2/h9-12H2,1-8H3. The minimum Gasteiger partial charge on any atom is -0.417 e. The van der Waals surface area contributed by atoms with Crippen LogP contribution < -0.4 is 0 Å². The molecule has 0 saturated heterocycles. The average Bonchev–Trinajstić information content (AvgIpc) is 2.25. The van der Waals surface area contributed by atoms with E-state index in [2.05, 4.69) is 53.9 Å². The van der Waals surface area contributed by atoms with E-state index >= 15 is 0 Å². The van der Waals surface area contributed by atoms with Gasteiger partial charge in [0.1, 0.15) is 0 Å². The van der Waals surface area contributed by atoms with Gasteiger partial charge < -0.3 is 8.85 Å². The molecule has 0 N–H and O–H groups in total. The van der Waals surface area contributed by atoms with Gasteiger partial charge >= 0.3 is 0 Å². The van der Waals surface area contributed by atoms with Crippen LogP contribution in [0, 0.1) is 5.41 Å². The molecular formula is C13H32O2Si2. The summed E-state index contributed by atoms with van der Waals surface area (Å²) in [5.41, 5.74) is 0.138. The van der Waals surface area contributed by atoms with Gasteiger partial charge in [0.2, 0.25) is 0 Å². The summed E-state index contributed by atoms with van der Waals surface area (Å²) in [5.74, 6) is 0. The van der Waals surface area contributed by atoms with Gasteiger partial charge in [-0.05, 0) is 38.3 Å². The highest BCUT2D eigenvalue weighted by atomic mass is 28.4. The molecule has 0 aliphatic heterocycles. The average molecular weight is 277 g/mol. The summed E-state index contributed by atoms with van der Waals surface area (Å²) >= 11 is 0. The van der Waals surface area contributed by atoms with E-state index in [1.54, 1.807) is 0 Å². The third-order valence-corrected chi connectivity index (χ3v) is 8.67. The van der Waals surface area contributed by atoms with Crippen molar-refractivity contribution in [3.8, 4) is 0 Å². The molecule has 0 aliphatic carbocycles. The maximum atomic E-state index is 6.12. The zero-order valence-corrected chi connectivity index (χ0v) is 15.1. The van der Waals surface area contributed by atoms with Crippen molar-refractivity contribution >= 4 is 16.6 Å². The quantitative estimate of drug-likeness (QED) is 0.608. The Morgan fingerprint density at radius 2 is 1.06 bits per heavy atom. The summed E-state index contributed by atoms with van der Waals surface area (Å²) in [6.45, 7) is 19.7. The molecule has 0 radical (unpaired) electrons. The molecule has 0 fully saturated rings. The van der Waals surface area contributed by atoms with Crippen molar-refractivity contribution in [2.24, 2.45) is 5.41 Å². The zero-order chi connectivity index (χ0) is 13.7. The van der Waals surface area contributed by atoms with Gasteiger partial charge in [0.25, 0.3) is 0 Å². The van der Waals surface area contributed by atoms with Gasteiger partial charge in [0.05, 0.1) is 0 Å². The van der Waals surface area contributed by atoms with Gasteiger partial charge in [-0.25, -0.2) is 0 Å². The normalized spacial score (nSPS) is 14.1. The van der Waals surface area contributed by atoms with Gasteiger partial charge in [-0.3, -0.25) is 0 Å². The summed E-state index contributed by atoms with van der Waals surface area (Å²) in [5, 5.41) is 0. The second-order valence-electron chi connectivity index (χ2n) is 6.97. The Bertz CT molecular complexity index is 203. The number of hydrogen-bond acceptors (Lipinski definition) is 2.